The SMILES string of the molecule is CCC(=O)NCCN1C(=O)C(C)(C)c2cc(Cl)c(C(=O)N(C(C)C)[C@@H]3CCCNC3)cc21.Cl. The summed E-state index contributed by atoms with van der Waals surface area (Å²) in [6, 6.07) is 3.67. The van der Waals surface area contributed by atoms with Gasteiger partial charge in [-0.25, -0.2) is 0 Å². The number of rotatable bonds is 7. The maximum atomic E-state index is 13.7. The van der Waals surface area contributed by atoms with E-state index in [9.17, 15) is 14.4 Å². The fourth-order valence-corrected chi connectivity index (χ4v) is 4.94. The Balaban J connectivity index is 0.00000385. The first-order chi connectivity index (χ1) is 15.1. The van der Waals surface area contributed by atoms with E-state index in [-0.39, 0.29) is 42.2 Å². The highest BCUT2D eigenvalue weighted by molar-refractivity contribution is 6.34. The van der Waals surface area contributed by atoms with Gasteiger partial charge in [-0.05, 0) is 64.8 Å². The van der Waals surface area contributed by atoms with Gasteiger partial charge < -0.3 is 20.4 Å². The molecular weight excluding hydrogens is 463 g/mol. The fourth-order valence-electron chi connectivity index (χ4n) is 4.70. The lowest BCUT2D eigenvalue weighted by Gasteiger charge is -2.38. The summed E-state index contributed by atoms with van der Waals surface area (Å²) < 4.78 is 0. The number of benzene rings is 1. The molecule has 9 heteroatoms. The van der Waals surface area contributed by atoms with Crippen LogP contribution in [-0.2, 0) is 15.0 Å². The zero-order valence-corrected chi connectivity index (χ0v) is 21.7. The molecule has 0 aliphatic carbocycles. The zero-order valence-electron chi connectivity index (χ0n) is 20.2. The van der Waals surface area contributed by atoms with E-state index >= 15 is 0 Å². The van der Waals surface area contributed by atoms with Gasteiger partial charge in [-0.2, -0.15) is 0 Å². The molecule has 1 aromatic carbocycles. The minimum atomic E-state index is -0.750. The Bertz CT molecular complexity index is 898. The van der Waals surface area contributed by atoms with Crippen LogP contribution in [0.2, 0.25) is 5.02 Å². The maximum Gasteiger partial charge on any atom is 0.255 e. The lowest BCUT2D eigenvalue weighted by Crippen LogP contribution is -2.51. The number of nitrogens with zero attached hydrogens (tertiary/aromatic N) is 2. The smallest absolute Gasteiger partial charge is 0.255 e. The summed E-state index contributed by atoms with van der Waals surface area (Å²) >= 11 is 6.63. The molecule has 184 valence electrons. The Morgan fingerprint density at radius 1 is 1.33 bits per heavy atom. The molecule has 0 aromatic heterocycles. The molecule has 2 aliphatic rings. The maximum absolute atomic E-state index is 13.7. The van der Waals surface area contributed by atoms with Gasteiger partial charge in [-0.3, -0.25) is 14.4 Å². The number of fused-ring (bicyclic) bond motifs is 1. The molecule has 2 aliphatic heterocycles. The van der Waals surface area contributed by atoms with Crippen LogP contribution in [0.4, 0.5) is 5.69 Å². The quantitative estimate of drug-likeness (QED) is 0.602. The monoisotopic (exact) mass is 498 g/mol. The van der Waals surface area contributed by atoms with E-state index in [1.54, 1.807) is 24.0 Å². The van der Waals surface area contributed by atoms with Crippen molar-refractivity contribution in [1.82, 2.24) is 15.5 Å². The highest BCUT2D eigenvalue weighted by Gasteiger charge is 2.45. The molecule has 3 amide bonds. The normalized spacial score (nSPS) is 19.2. The second kappa shape index (κ2) is 11.1. The van der Waals surface area contributed by atoms with Crippen molar-refractivity contribution in [2.24, 2.45) is 0 Å². The average molecular weight is 499 g/mol. The molecule has 1 atom stereocenters. The Morgan fingerprint density at radius 3 is 2.61 bits per heavy atom. The minimum absolute atomic E-state index is 0. The van der Waals surface area contributed by atoms with Gasteiger partial charge in [-0.1, -0.05) is 18.5 Å². The summed E-state index contributed by atoms with van der Waals surface area (Å²) in [5, 5.41) is 6.57. The molecule has 0 bridgehead atoms. The van der Waals surface area contributed by atoms with Crippen LogP contribution in [0.25, 0.3) is 0 Å². The third-order valence-electron chi connectivity index (χ3n) is 6.49. The summed E-state index contributed by atoms with van der Waals surface area (Å²) in [5.74, 6) is -0.231. The van der Waals surface area contributed by atoms with Crippen LogP contribution in [0.15, 0.2) is 12.1 Å². The minimum Gasteiger partial charge on any atom is -0.354 e. The van der Waals surface area contributed by atoms with Crippen LogP contribution in [0.3, 0.4) is 0 Å². The summed E-state index contributed by atoms with van der Waals surface area (Å²) in [6.07, 6.45) is 2.37. The van der Waals surface area contributed by atoms with Gasteiger partial charge in [0.05, 0.1) is 16.0 Å². The van der Waals surface area contributed by atoms with Crippen molar-refractivity contribution >= 4 is 47.4 Å². The third kappa shape index (κ3) is 5.47. The molecule has 33 heavy (non-hydrogen) atoms. The molecule has 0 spiro atoms. The van der Waals surface area contributed by atoms with Crippen LogP contribution < -0.4 is 15.5 Å². The summed E-state index contributed by atoms with van der Waals surface area (Å²) in [6.45, 7) is 12.0. The van der Waals surface area contributed by atoms with E-state index < -0.39 is 5.41 Å². The van der Waals surface area contributed by atoms with Gasteiger partial charge in [0.25, 0.3) is 5.91 Å². The number of anilines is 1. The number of halogens is 2. The van der Waals surface area contributed by atoms with Gasteiger partial charge >= 0.3 is 0 Å². The van der Waals surface area contributed by atoms with Crippen LogP contribution in [0.1, 0.15) is 69.8 Å². The van der Waals surface area contributed by atoms with E-state index in [1.165, 1.54) is 0 Å². The van der Waals surface area contributed by atoms with E-state index in [0.29, 0.717) is 35.8 Å². The van der Waals surface area contributed by atoms with E-state index in [0.717, 1.165) is 31.5 Å². The van der Waals surface area contributed by atoms with Crippen LogP contribution >= 0.6 is 24.0 Å². The predicted octanol–water partition coefficient (Wildman–Crippen LogP) is 3.51. The molecule has 1 saturated heterocycles. The molecule has 3 rings (SSSR count). The molecule has 2 N–H and O–H groups in total. The summed E-state index contributed by atoms with van der Waals surface area (Å²) in [4.78, 5) is 42.0. The number of hydrogen-bond donors (Lipinski definition) is 2. The van der Waals surface area contributed by atoms with Crippen molar-refractivity contribution in [2.75, 3.05) is 31.1 Å². The predicted molar refractivity (Wildman–Crippen MR) is 135 cm³/mol. The van der Waals surface area contributed by atoms with Crippen LogP contribution in [0, 0.1) is 0 Å². The molecule has 7 nitrogen and oxygen atoms in total. The van der Waals surface area contributed by atoms with Gasteiger partial charge in [0.1, 0.15) is 0 Å². The summed E-state index contributed by atoms with van der Waals surface area (Å²) in [5.41, 5.74) is 1.17. The van der Waals surface area contributed by atoms with Crippen molar-refractivity contribution in [2.45, 2.75) is 71.4 Å². The van der Waals surface area contributed by atoms with E-state index in [4.69, 9.17) is 11.6 Å². The second-order valence-electron chi connectivity index (χ2n) is 9.44. The molecule has 0 unspecified atom stereocenters. The summed E-state index contributed by atoms with van der Waals surface area (Å²) in [7, 11) is 0. The van der Waals surface area contributed by atoms with Crippen molar-refractivity contribution in [3.8, 4) is 0 Å². The number of amides is 3. The van der Waals surface area contributed by atoms with Crippen LogP contribution in [-0.4, -0.2) is 60.9 Å². The Hall–Kier alpha value is -1.83. The first-order valence-corrected chi connectivity index (χ1v) is 11.9. The van der Waals surface area contributed by atoms with E-state index in [2.05, 4.69) is 10.6 Å². The van der Waals surface area contributed by atoms with Gasteiger partial charge in [-0.15, -0.1) is 12.4 Å². The fraction of sp³-hybridized carbons (Fsp3) is 0.625. The van der Waals surface area contributed by atoms with Crippen molar-refractivity contribution in [1.29, 1.82) is 0 Å². The highest BCUT2D eigenvalue weighted by atomic mass is 35.5. The Labute approximate surface area is 208 Å². The van der Waals surface area contributed by atoms with E-state index in [1.807, 2.05) is 32.6 Å². The Kier molecular flexibility index (Phi) is 9.19. The number of hydrogen-bond acceptors (Lipinski definition) is 4. The lowest BCUT2D eigenvalue weighted by atomic mass is 9.85. The number of carbonyl (C=O) groups excluding carboxylic acids is 3. The first kappa shape index (κ1) is 27.4. The lowest BCUT2D eigenvalue weighted by molar-refractivity contribution is -0.123. The van der Waals surface area contributed by atoms with Gasteiger partial charge in [0.15, 0.2) is 0 Å². The molecule has 0 saturated carbocycles. The van der Waals surface area contributed by atoms with Crippen molar-refractivity contribution in [3.63, 3.8) is 0 Å². The number of nitrogens with one attached hydrogen (secondary N) is 2. The molecule has 1 aromatic rings. The largest absolute Gasteiger partial charge is 0.354 e. The van der Waals surface area contributed by atoms with Gasteiger partial charge in [0.2, 0.25) is 11.8 Å². The topological polar surface area (TPSA) is 81.8 Å². The molecular formula is C24H36Cl2N4O3. The Morgan fingerprint density at radius 2 is 2.03 bits per heavy atom. The first-order valence-electron chi connectivity index (χ1n) is 11.6. The second-order valence-corrected chi connectivity index (χ2v) is 9.85. The highest BCUT2D eigenvalue weighted by Crippen LogP contribution is 2.44. The molecule has 2 heterocycles. The van der Waals surface area contributed by atoms with Crippen LogP contribution in [0.5, 0.6) is 0 Å². The zero-order chi connectivity index (χ0) is 23.6. The molecule has 1 fully saturated rings. The van der Waals surface area contributed by atoms with Crippen molar-refractivity contribution in [3.05, 3.63) is 28.3 Å². The third-order valence-corrected chi connectivity index (χ3v) is 6.81. The average Bonchev–Trinajstić information content (AvgIpc) is 2.93. The standard InChI is InChI=1S/C24H35ClN4O3.ClH/c1-6-21(30)27-10-11-28-20-12-17(19(25)13-18(20)24(4,5)23(28)32)22(31)29(15(2)3)16-8-7-9-26-14-16;/h12-13,15-16,26H,6-11,14H2,1-5H3,(H,27,30);1H/t16-;/m1./s1. The number of piperidine rings is 1. The molecule has 0 radical (unpaired) electrons. The van der Waals surface area contributed by atoms with Crippen molar-refractivity contribution < 1.29 is 14.4 Å². The van der Waals surface area contributed by atoms with Gasteiger partial charge in [0, 0.05) is 43.8 Å². The number of carbonyl (C=O) groups is 3.